The van der Waals surface area contributed by atoms with E-state index in [1.54, 1.807) is 6.20 Å². The number of pyridine rings is 1. The van der Waals surface area contributed by atoms with Crippen molar-refractivity contribution < 1.29 is 5.11 Å². The van der Waals surface area contributed by atoms with Crippen LogP contribution in [0.4, 0.5) is 0 Å². The fourth-order valence-corrected chi connectivity index (χ4v) is 2.94. The van der Waals surface area contributed by atoms with Crippen molar-refractivity contribution in [1.29, 1.82) is 0 Å². The first kappa shape index (κ1) is 14.5. The summed E-state index contributed by atoms with van der Waals surface area (Å²) in [7, 11) is 0. The topological polar surface area (TPSA) is 33.1 Å². The minimum atomic E-state index is 0.00464. The molecule has 110 valence electrons. The predicted molar refractivity (Wildman–Crippen MR) is 90.5 cm³/mol. The first-order valence-electron chi connectivity index (χ1n) is 7.43. The van der Waals surface area contributed by atoms with E-state index >= 15 is 0 Å². The summed E-state index contributed by atoms with van der Waals surface area (Å²) in [6.45, 7) is 4.21. The van der Waals surface area contributed by atoms with Crippen molar-refractivity contribution in [3.05, 3.63) is 77.5 Å². The van der Waals surface area contributed by atoms with Crippen molar-refractivity contribution in [2.75, 3.05) is 0 Å². The third-order valence-corrected chi connectivity index (χ3v) is 3.99. The zero-order chi connectivity index (χ0) is 15.5. The van der Waals surface area contributed by atoms with E-state index in [1.165, 1.54) is 11.1 Å². The predicted octanol–water partition coefficient (Wildman–Crippen LogP) is 4.52. The molecular weight excluding hydrogens is 270 g/mol. The number of rotatable bonds is 3. The fraction of sp³-hybridized carbons (Fsp3) is 0.150. The Morgan fingerprint density at radius 3 is 2.14 bits per heavy atom. The van der Waals surface area contributed by atoms with E-state index in [1.807, 2.05) is 24.3 Å². The smallest absolute Gasteiger partial charge is 0.0789 e. The Hall–Kier alpha value is -2.45. The third-order valence-electron chi connectivity index (χ3n) is 3.99. The summed E-state index contributed by atoms with van der Waals surface area (Å²) < 4.78 is 0. The number of aliphatic hydroxyl groups is 1. The standard InChI is InChI=1S/C20H19NO/c1-14-7-6-8-15(2)18(14)20-19(16-9-4-3-5-10-16)17(13-22)11-12-21-20/h3-12,22H,13H2,1-2H3. The minimum absolute atomic E-state index is 0.00464. The highest BCUT2D eigenvalue weighted by Gasteiger charge is 2.16. The molecule has 0 saturated heterocycles. The van der Waals surface area contributed by atoms with Gasteiger partial charge in [-0.3, -0.25) is 4.98 Å². The van der Waals surface area contributed by atoms with E-state index in [-0.39, 0.29) is 6.61 Å². The van der Waals surface area contributed by atoms with Crippen LogP contribution in [0.1, 0.15) is 16.7 Å². The van der Waals surface area contributed by atoms with Gasteiger partial charge in [-0.15, -0.1) is 0 Å². The maximum Gasteiger partial charge on any atom is 0.0789 e. The Bertz CT molecular complexity index is 774. The number of hydrogen-bond acceptors (Lipinski definition) is 2. The van der Waals surface area contributed by atoms with Gasteiger partial charge in [0.15, 0.2) is 0 Å². The average Bonchev–Trinajstić information content (AvgIpc) is 2.55. The zero-order valence-corrected chi connectivity index (χ0v) is 12.9. The molecule has 0 aliphatic carbocycles. The summed E-state index contributed by atoms with van der Waals surface area (Å²) >= 11 is 0. The molecule has 2 nitrogen and oxygen atoms in total. The quantitative estimate of drug-likeness (QED) is 0.768. The van der Waals surface area contributed by atoms with E-state index in [2.05, 4.69) is 49.2 Å². The highest BCUT2D eigenvalue weighted by molar-refractivity contribution is 5.85. The van der Waals surface area contributed by atoms with E-state index in [0.717, 1.165) is 27.9 Å². The molecule has 0 atom stereocenters. The highest BCUT2D eigenvalue weighted by atomic mass is 16.3. The Morgan fingerprint density at radius 1 is 0.818 bits per heavy atom. The molecule has 0 spiro atoms. The van der Waals surface area contributed by atoms with Gasteiger partial charge in [0.25, 0.3) is 0 Å². The second kappa shape index (κ2) is 6.12. The van der Waals surface area contributed by atoms with Crippen LogP contribution in [0, 0.1) is 13.8 Å². The first-order chi connectivity index (χ1) is 10.7. The zero-order valence-electron chi connectivity index (χ0n) is 12.9. The number of aromatic nitrogens is 1. The van der Waals surface area contributed by atoms with Crippen LogP contribution in [-0.4, -0.2) is 10.1 Å². The van der Waals surface area contributed by atoms with Crippen LogP contribution in [0.15, 0.2) is 60.8 Å². The van der Waals surface area contributed by atoms with Crippen LogP contribution < -0.4 is 0 Å². The molecule has 0 amide bonds. The molecule has 0 bridgehead atoms. The van der Waals surface area contributed by atoms with Crippen molar-refractivity contribution in [2.45, 2.75) is 20.5 Å². The summed E-state index contributed by atoms with van der Waals surface area (Å²) in [6.07, 6.45) is 1.78. The van der Waals surface area contributed by atoms with Gasteiger partial charge in [0.2, 0.25) is 0 Å². The molecular formula is C20H19NO. The molecule has 3 aromatic rings. The van der Waals surface area contributed by atoms with Crippen molar-refractivity contribution in [3.63, 3.8) is 0 Å². The summed E-state index contributed by atoms with van der Waals surface area (Å²) in [6, 6.07) is 18.3. The van der Waals surface area contributed by atoms with Crippen molar-refractivity contribution in [1.82, 2.24) is 4.98 Å². The molecule has 0 unspecified atom stereocenters. The second-order valence-electron chi connectivity index (χ2n) is 5.48. The lowest BCUT2D eigenvalue weighted by Crippen LogP contribution is -1.98. The van der Waals surface area contributed by atoms with Gasteiger partial charge in [-0.05, 0) is 42.2 Å². The molecule has 2 aromatic carbocycles. The maximum absolute atomic E-state index is 9.76. The van der Waals surface area contributed by atoms with Crippen LogP contribution in [0.2, 0.25) is 0 Å². The van der Waals surface area contributed by atoms with Gasteiger partial charge < -0.3 is 5.11 Å². The maximum atomic E-state index is 9.76. The van der Waals surface area contributed by atoms with Gasteiger partial charge in [-0.1, -0.05) is 48.5 Å². The van der Waals surface area contributed by atoms with Crippen LogP contribution in [0.5, 0.6) is 0 Å². The molecule has 0 radical (unpaired) electrons. The van der Waals surface area contributed by atoms with Gasteiger partial charge in [-0.2, -0.15) is 0 Å². The Labute approximate surface area is 131 Å². The highest BCUT2D eigenvalue weighted by Crippen LogP contribution is 2.36. The van der Waals surface area contributed by atoms with Gasteiger partial charge in [0.05, 0.1) is 12.3 Å². The number of aryl methyl sites for hydroxylation is 2. The second-order valence-corrected chi connectivity index (χ2v) is 5.48. The third kappa shape index (κ3) is 2.53. The van der Waals surface area contributed by atoms with Gasteiger partial charge in [0, 0.05) is 17.3 Å². The summed E-state index contributed by atoms with van der Waals surface area (Å²) in [5, 5.41) is 9.76. The van der Waals surface area contributed by atoms with Gasteiger partial charge >= 0.3 is 0 Å². The number of hydrogen-bond donors (Lipinski definition) is 1. The molecule has 0 fully saturated rings. The molecule has 0 saturated carbocycles. The number of aliphatic hydroxyl groups excluding tert-OH is 1. The van der Waals surface area contributed by atoms with Crippen LogP contribution in [-0.2, 0) is 6.61 Å². The van der Waals surface area contributed by atoms with Gasteiger partial charge in [0.1, 0.15) is 0 Å². The van der Waals surface area contributed by atoms with E-state index < -0.39 is 0 Å². The molecule has 2 heteroatoms. The van der Waals surface area contributed by atoms with Crippen LogP contribution in [0.25, 0.3) is 22.4 Å². The normalized spacial score (nSPS) is 10.7. The largest absolute Gasteiger partial charge is 0.392 e. The van der Waals surface area contributed by atoms with E-state index in [0.29, 0.717) is 0 Å². The van der Waals surface area contributed by atoms with Crippen molar-refractivity contribution in [2.24, 2.45) is 0 Å². The van der Waals surface area contributed by atoms with E-state index in [9.17, 15) is 5.11 Å². The van der Waals surface area contributed by atoms with E-state index in [4.69, 9.17) is 0 Å². The fourth-order valence-electron chi connectivity index (χ4n) is 2.94. The first-order valence-corrected chi connectivity index (χ1v) is 7.43. The summed E-state index contributed by atoms with van der Waals surface area (Å²) in [5.74, 6) is 0. The SMILES string of the molecule is Cc1cccc(C)c1-c1nccc(CO)c1-c1ccccc1. The van der Waals surface area contributed by atoms with Crippen molar-refractivity contribution >= 4 is 0 Å². The van der Waals surface area contributed by atoms with Gasteiger partial charge in [-0.25, -0.2) is 0 Å². The molecule has 0 aliphatic heterocycles. The molecule has 22 heavy (non-hydrogen) atoms. The Morgan fingerprint density at radius 2 is 1.50 bits per heavy atom. The molecule has 0 aliphatic rings. The molecule has 1 heterocycles. The van der Waals surface area contributed by atoms with Crippen molar-refractivity contribution in [3.8, 4) is 22.4 Å². The lowest BCUT2D eigenvalue weighted by Gasteiger charge is -2.16. The molecule has 3 rings (SSSR count). The lowest BCUT2D eigenvalue weighted by molar-refractivity contribution is 0.282. The summed E-state index contributed by atoms with van der Waals surface area (Å²) in [5.41, 5.74) is 7.48. The number of benzene rings is 2. The summed E-state index contributed by atoms with van der Waals surface area (Å²) in [4.78, 5) is 4.64. The number of nitrogens with zero attached hydrogens (tertiary/aromatic N) is 1. The Balaban J connectivity index is 2.34. The van der Waals surface area contributed by atoms with Crippen LogP contribution >= 0.6 is 0 Å². The average molecular weight is 289 g/mol. The van der Waals surface area contributed by atoms with Crippen LogP contribution in [0.3, 0.4) is 0 Å². The lowest BCUT2D eigenvalue weighted by atomic mass is 9.91. The monoisotopic (exact) mass is 289 g/mol. The molecule has 1 N–H and O–H groups in total. The minimum Gasteiger partial charge on any atom is -0.392 e. The Kier molecular flexibility index (Phi) is 4.03. The molecule has 1 aromatic heterocycles.